The van der Waals surface area contributed by atoms with E-state index in [1.807, 2.05) is 0 Å². The van der Waals surface area contributed by atoms with Crippen molar-refractivity contribution in [2.24, 2.45) is 7.05 Å². The molecule has 1 nitrogen and oxygen atoms in total. The molecule has 0 aliphatic heterocycles. The maximum atomic E-state index is 3.58. The van der Waals surface area contributed by atoms with Crippen molar-refractivity contribution in [3.8, 4) is 0 Å². The summed E-state index contributed by atoms with van der Waals surface area (Å²) in [6.07, 6.45) is 2.11. The molecule has 1 heterocycles. The van der Waals surface area contributed by atoms with Crippen LogP contribution in [-0.4, -0.2) is 4.57 Å². The SMILES string of the molecule is CC(C)c1ccc(Br)c2ccn(C)c12. The molecule has 0 spiro atoms. The van der Waals surface area contributed by atoms with Crippen LogP contribution >= 0.6 is 15.9 Å². The fraction of sp³-hybridized carbons (Fsp3) is 0.333. The highest BCUT2D eigenvalue weighted by atomic mass is 79.9. The molecule has 0 amide bonds. The van der Waals surface area contributed by atoms with Gasteiger partial charge in [-0.05, 0) is 23.6 Å². The maximum absolute atomic E-state index is 3.58. The second-order valence-electron chi connectivity index (χ2n) is 3.98. The van der Waals surface area contributed by atoms with Gasteiger partial charge in [0.1, 0.15) is 0 Å². The molecule has 0 bridgehead atoms. The summed E-state index contributed by atoms with van der Waals surface area (Å²) in [4.78, 5) is 0. The van der Waals surface area contributed by atoms with Crippen molar-refractivity contribution in [2.75, 3.05) is 0 Å². The van der Waals surface area contributed by atoms with Crippen LogP contribution in [0.3, 0.4) is 0 Å². The lowest BCUT2D eigenvalue weighted by molar-refractivity contribution is 0.856. The Hall–Kier alpha value is -0.760. The first kappa shape index (κ1) is 9.78. The average Bonchev–Trinajstić information content (AvgIpc) is 2.50. The average molecular weight is 252 g/mol. The van der Waals surface area contributed by atoms with Gasteiger partial charge in [-0.15, -0.1) is 0 Å². The van der Waals surface area contributed by atoms with E-state index in [-0.39, 0.29) is 0 Å². The third kappa shape index (κ3) is 1.38. The lowest BCUT2D eigenvalue weighted by Gasteiger charge is -2.10. The smallest absolute Gasteiger partial charge is 0.0524 e. The molecule has 2 rings (SSSR count). The van der Waals surface area contributed by atoms with Crippen LogP contribution in [0.4, 0.5) is 0 Å². The standard InChI is InChI=1S/C12H14BrN/c1-8(2)9-4-5-11(13)10-6-7-14(3)12(9)10/h4-8H,1-3H3. The number of hydrogen-bond donors (Lipinski definition) is 0. The lowest BCUT2D eigenvalue weighted by Crippen LogP contribution is -1.94. The lowest BCUT2D eigenvalue weighted by atomic mass is 10.0. The summed E-state index contributed by atoms with van der Waals surface area (Å²) in [5, 5.41) is 1.30. The molecular weight excluding hydrogens is 238 g/mol. The van der Waals surface area contributed by atoms with Gasteiger partial charge in [-0.3, -0.25) is 0 Å². The van der Waals surface area contributed by atoms with E-state index in [0.29, 0.717) is 5.92 Å². The Morgan fingerprint density at radius 1 is 1.21 bits per heavy atom. The summed E-state index contributed by atoms with van der Waals surface area (Å²) in [5.41, 5.74) is 2.75. The van der Waals surface area contributed by atoms with Crippen molar-refractivity contribution in [1.82, 2.24) is 4.57 Å². The maximum Gasteiger partial charge on any atom is 0.0524 e. The second kappa shape index (κ2) is 3.43. The molecule has 14 heavy (non-hydrogen) atoms. The molecule has 0 atom stereocenters. The minimum absolute atomic E-state index is 0.569. The molecular formula is C12H14BrN. The molecule has 0 fully saturated rings. The Balaban J connectivity index is 2.85. The fourth-order valence-electron chi connectivity index (χ4n) is 1.88. The van der Waals surface area contributed by atoms with Crippen molar-refractivity contribution < 1.29 is 0 Å². The molecule has 0 unspecified atom stereocenters. The molecule has 0 aliphatic rings. The zero-order valence-corrected chi connectivity index (χ0v) is 10.3. The Bertz CT molecular complexity index is 468. The Labute approximate surface area is 92.9 Å². The minimum atomic E-state index is 0.569. The van der Waals surface area contributed by atoms with Gasteiger partial charge >= 0.3 is 0 Å². The highest BCUT2D eigenvalue weighted by Crippen LogP contribution is 2.31. The van der Waals surface area contributed by atoms with Crippen LogP contribution in [0.25, 0.3) is 10.9 Å². The van der Waals surface area contributed by atoms with Gasteiger partial charge in [-0.1, -0.05) is 35.8 Å². The van der Waals surface area contributed by atoms with Gasteiger partial charge in [-0.25, -0.2) is 0 Å². The van der Waals surface area contributed by atoms with Gasteiger partial charge in [0.2, 0.25) is 0 Å². The van der Waals surface area contributed by atoms with E-state index >= 15 is 0 Å². The summed E-state index contributed by atoms with van der Waals surface area (Å²) >= 11 is 3.58. The largest absolute Gasteiger partial charge is 0.350 e. The topological polar surface area (TPSA) is 4.93 Å². The molecule has 1 aromatic carbocycles. The molecule has 2 heteroatoms. The van der Waals surface area contributed by atoms with Crippen LogP contribution in [0.5, 0.6) is 0 Å². The molecule has 0 aliphatic carbocycles. The summed E-state index contributed by atoms with van der Waals surface area (Å²) in [7, 11) is 2.10. The van der Waals surface area contributed by atoms with Gasteiger partial charge in [0.15, 0.2) is 0 Å². The van der Waals surface area contributed by atoms with Crippen LogP contribution in [0, 0.1) is 0 Å². The van der Waals surface area contributed by atoms with E-state index in [9.17, 15) is 0 Å². The summed E-state index contributed by atoms with van der Waals surface area (Å²) in [6.45, 7) is 4.46. The number of nitrogens with zero attached hydrogens (tertiary/aromatic N) is 1. The first-order valence-corrected chi connectivity index (χ1v) is 5.64. The van der Waals surface area contributed by atoms with E-state index in [2.05, 4.69) is 65.8 Å². The summed E-state index contributed by atoms with van der Waals surface area (Å²) in [5.74, 6) is 0.569. The van der Waals surface area contributed by atoms with E-state index in [1.54, 1.807) is 0 Å². The third-order valence-corrected chi connectivity index (χ3v) is 3.33. The number of benzene rings is 1. The molecule has 0 radical (unpaired) electrons. The highest BCUT2D eigenvalue weighted by molar-refractivity contribution is 9.10. The Morgan fingerprint density at radius 2 is 1.93 bits per heavy atom. The van der Waals surface area contributed by atoms with Gasteiger partial charge in [0.25, 0.3) is 0 Å². The van der Waals surface area contributed by atoms with Gasteiger partial charge < -0.3 is 4.57 Å². The van der Waals surface area contributed by atoms with E-state index in [1.165, 1.54) is 20.9 Å². The molecule has 0 saturated heterocycles. The quantitative estimate of drug-likeness (QED) is 0.721. The first-order chi connectivity index (χ1) is 6.61. The minimum Gasteiger partial charge on any atom is -0.350 e. The van der Waals surface area contributed by atoms with E-state index in [4.69, 9.17) is 0 Å². The van der Waals surface area contributed by atoms with Crippen LogP contribution in [0.2, 0.25) is 0 Å². The second-order valence-corrected chi connectivity index (χ2v) is 4.83. The van der Waals surface area contributed by atoms with E-state index < -0.39 is 0 Å². The van der Waals surface area contributed by atoms with Crippen LogP contribution in [0.1, 0.15) is 25.3 Å². The normalized spacial score (nSPS) is 11.5. The number of rotatable bonds is 1. The van der Waals surface area contributed by atoms with Crippen molar-refractivity contribution in [3.63, 3.8) is 0 Å². The zero-order valence-electron chi connectivity index (χ0n) is 8.71. The molecule has 74 valence electrons. The molecule has 2 aromatic rings. The number of halogens is 1. The predicted molar refractivity (Wildman–Crippen MR) is 64.7 cm³/mol. The van der Waals surface area contributed by atoms with E-state index in [0.717, 1.165) is 0 Å². The highest BCUT2D eigenvalue weighted by Gasteiger charge is 2.09. The first-order valence-electron chi connectivity index (χ1n) is 4.84. The van der Waals surface area contributed by atoms with Gasteiger partial charge in [-0.2, -0.15) is 0 Å². The zero-order chi connectivity index (χ0) is 10.3. The monoisotopic (exact) mass is 251 g/mol. The third-order valence-electron chi connectivity index (χ3n) is 2.63. The number of hydrogen-bond acceptors (Lipinski definition) is 0. The number of aromatic nitrogens is 1. The molecule has 0 saturated carbocycles. The van der Waals surface area contributed by atoms with Gasteiger partial charge in [0.05, 0.1) is 5.52 Å². The molecule has 0 N–H and O–H groups in total. The number of fused-ring (bicyclic) bond motifs is 1. The Kier molecular flexibility index (Phi) is 2.40. The van der Waals surface area contributed by atoms with Crippen molar-refractivity contribution in [1.29, 1.82) is 0 Å². The fourth-order valence-corrected chi connectivity index (χ4v) is 2.33. The van der Waals surface area contributed by atoms with Gasteiger partial charge in [0, 0.05) is 23.1 Å². The summed E-state index contributed by atoms with van der Waals surface area (Å²) < 4.78 is 3.37. The van der Waals surface area contributed by atoms with Crippen molar-refractivity contribution in [3.05, 3.63) is 34.4 Å². The van der Waals surface area contributed by atoms with Crippen molar-refractivity contribution >= 4 is 26.8 Å². The van der Waals surface area contributed by atoms with Crippen LogP contribution < -0.4 is 0 Å². The van der Waals surface area contributed by atoms with Crippen molar-refractivity contribution in [2.45, 2.75) is 19.8 Å². The Morgan fingerprint density at radius 3 is 2.57 bits per heavy atom. The van der Waals surface area contributed by atoms with Crippen LogP contribution in [-0.2, 0) is 7.05 Å². The predicted octanol–water partition coefficient (Wildman–Crippen LogP) is 4.06. The van der Waals surface area contributed by atoms with Crippen LogP contribution in [0.15, 0.2) is 28.9 Å². The summed E-state index contributed by atoms with van der Waals surface area (Å²) in [6, 6.07) is 6.50. The number of aryl methyl sites for hydroxylation is 1. The molecule has 1 aromatic heterocycles.